The predicted octanol–water partition coefficient (Wildman–Crippen LogP) is 2.97. The van der Waals surface area contributed by atoms with E-state index < -0.39 is 0 Å². The second-order valence-electron chi connectivity index (χ2n) is 5.90. The normalized spacial score (nSPS) is 16.5. The first kappa shape index (κ1) is 13.3. The second-order valence-corrected chi connectivity index (χ2v) is 5.90. The van der Waals surface area contributed by atoms with Gasteiger partial charge < -0.3 is 14.2 Å². The molecule has 1 saturated heterocycles. The van der Waals surface area contributed by atoms with Crippen LogP contribution in [0.15, 0.2) is 46.9 Å². The summed E-state index contributed by atoms with van der Waals surface area (Å²) in [5.41, 5.74) is 0.774. The Morgan fingerprint density at radius 2 is 1.77 bits per heavy atom. The van der Waals surface area contributed by atoms with Gasteiger partial charge in [-0.25, -0.2) is 0 Å². The quantitative estimate of drug-likeness (QED) is 0.692. The lowest BCUT2D eigenvalue weighted by molar-refractivity contribution is 0.0635. The van der Waals surface area contributed by atoms with Crippen LogP contribution in [0.2, 0.25) is 0 Å². The molecule has 0 spiro atoms. The molecule has 4 rings (SSSR count). The monoisotopic (exact) mass is 294 g/mol. The Hall–Kier alpha value is -2.33. The Balaban J connectivity index is 1.73. The zero-order valence-electron chi connectivity index (χ0n) is 12.6. The molecular formula is C18H18N2O2. The molecule has 4 nitrogen and oxygen atoms in total. The maximum absolute atomic E-state index is 12.6. The highest BCUT2D eigenvalue weighted by molar-refractivity contribution is 6.08. The van der Waals surface area contributed by atoms with Crippen molar-refractivity contribution < 1.29 is 9.21 Å². The van der Waals surface area contributed by atoms with Crippen LogP contribution in [0.3, 0.4) is 0 Å². The molecule has 0 N–H and O–H groups in total. The van der Waals surface area contributed by atoms with Crippen molar-refractivity contribution in [1.29, 1.82) is 0 Å². The fourth-order valence-electron chi connectivity index (χ4n) is 3.06. The van der Waals surface area contributed by atoms with Gasteiger partial charge in [0.2, 0.25) is 0 Å². The number of furan rings is 1. The van der Waals surface area contributed by atoms with Crippen LogP contribution < -0.4 is 0 Å². The van der Waals surface area contributed by atoms with E-state index in [1.165, 1.54) is 0 Å². The number of hydrogen-bond donors (Lipinski definition) is 0. The third-order valence-electron chi connectivity index (χ3n) is 4.43. The highest BCUT2D eigenvalue weighted by Crippen LogP contribution is 2.28. The van der Waals surface area contributed by atoms with E-state index >= 15 is 0 Å². The Morgan fingerprint density at radius 1 is 1.00 bits per heavy atom. The number of likely N-dealkylation sites (N-methyl/N-ethyl adjacent to an activating group) is 1. The van der Waals surface area contributed by atoms with Gasteiger partial charge in [0.15, 0.2) is 5.76 Å². The van der Waals surface area contributed by atoms with Crippen molar-refractivity contribution in [3.63, 3.8) is 0 Å². The van der Waals surface area contributed by atoms with Gasteiger partial charge in [0.05, 0.1) is 0 Å². The maximum Gasteiger partial charge on any atom is 0.289 e. The fraction of sp³-hybridized carbons (Fsp3) is 0.278. The number of amides is 1. The lowest BCUT2D eigenvalue weighted by Crippen LogP contribution is -2.47. The van der Waals surface area contributed by atoms with Crippen molar-refractivity contribution in [3.05, 3.63) is 48.2 Å². The Kier molecular flexibility index (Phi) is 3.12. The van der Waals surface area contributed by atoms with E-state index in [9.17, 15) is 4.79 Å². The summed E-state index contributed by atoms with van der Waals surface area (Å²) in [5.74, 6) is 0.435. The van der Waals surface area contributed by atoms with Crippen molar-refractivity contribution >= 4 is 27.6 Å². The Labute approximate surface area is 128 Å². The highest BCUT2D eigenvalue weighted by Gasteiger charge is 2.23. The molecule has 2 aromatic carbocycles. The average Bonchev–Trinajstić information content (AvgIpc) is 2.99. The SMILES string of the molecule is CN1CCN(C(=O)c2cc3c(ccc4ccccc43)o2)CC1. The Bertz CT molecular complexity index is 845. The van der Waals surface area contributed by atoms with Crippen LogP contribution in [0.1, 0.15) is 10.6 Å². The van der Waals surface area contributed by atoms with E-state index in [2.05, 4.69) is 24.1 Å². The molecule has 1 aromatic heterocycles. The molecule has 4 heteroatoms. The lowest BCUT2D eigenvalue weighted by atomic mass is 10.1. The zero-order chi connectivity index (χ0) is 15.1. The number of rotatable bonds is 1. The number of hydrogen-bond acceptors (Lipinski definition) is 3. The minimum atomic E-state index is -0.00613. The summed E-state index contributed by atoms with van der Waals surface area (Å²) in [5, 5.41) is 3.30. The first-order valence-electron chi connectivity index (χ1n) is 7.61. The molecule has 0 radical (unpaired) electrons. The third kappa shape index (κ3) is 2.16. The molecular weight excluding hydrogens is 276 g/mol. The van der Waals surface area contributed by atoms with Crippen LogP contribution in [0.5, 0.6) is 0 Å². The summed E-state index contributed by atoms with van der Waals surface area (Å²) < 4.78 is 5.81. The summed E-state index contributed by atoms with van der Waals surface area (Å²) in [4.78, 5) is 16.7. The van der Waals surface area contributed by atoms with Crippen molar-refractivity contribution in [2.75, 3.05) is 33.2 Å². The number of piperazine rings is 1. The van der Waals surface area contributed by atoms with Gasteiger partial charge in [-0.2, -0.15) is 0 Å². The van der Waals surface area contributed by atoms with Crippen molar-refractivity contribution in [1.82, 2.24) is 9.80 Å². The number of carbonyl (C=O) groups excluding carboxylic acids is 1. The van der Waals surface area contributed by atoms with Gasteiger partial charge in [0.1, 0.15) is 5.58 Å². The van der Waals surface area contributed by atoms with E-state index in [1.54, 1.807) is 0 Å². The van der Waals surface area contributed by atoms with Crippen LogP contribution >= 0.6 is 0 Å². The number of benzene rings is 2. The first-order chi connectivity index (χ1) is 10.7. The first-order valence-corrected chi connectivity index (χ1v) is 7.61. The van der Waals surface area contributed by atoms with E-state index in [0.717, 1.165) is 47.9 Å². The van der Waals surface area contributed by atoms with Crippen LogP contribution in [-0.2, 0) is 0 Å². The van der Waals surface area contributed by atoms with E-state index in [-0.39, 0.29) is 5.91 Å². The summed E-state index contributed by atoms with van der Waals surface area (Å²) in [6.45, 7) is 3.34. The molecule has 1 amide bonds. The second kappa shape index (κ2) is 5.14. The molecule has 3 aromatic rings. The van der Waals surface area contributed by atoms with Crippen molar-refractivity contribution in [2.45, 2.75) is 0 Å². The number of nitrogens with zero attached hydrogens (tertiary/aromatic N) is 2. The molecule has 22 heavy (non-hydrogen) atoms. The summed E-state index contributed by atoms with van der Waals surface area (Å²) in [6.07, 6.45) is 0. The van der Waals surface area contributed by atoms with Crippen LogP contribution in [-0.4, -0.2) is 48.9 Å². The fourth-order valence-corrected chi connectivity index (χ4v) is 3.06. The van der Waals surface area contributed by atoms with Crippen LogP contribution in [0, 0.1) is 0 Å². The number of carbonyl (C=O) groups is 1. The Morgan fingerprint density at radius 3 is 2.59 bits per heavy atom. The molecule has 1 aliphatic rings. The standard InChI is InChI=1S/C18H18N2O2/c1-19-8-10-20(11-9-19)18(21)17-12-15-14-5-3-2-4-13(14)6-7-16(15)22-17/h2-7,12H,8-11H2,1H3. The minimum Gasteiger partial charge on any atom is -0.451 e. The van der Waals surface area contributed by atoms with E-state index in [1.807, 2.05) is 35.2 Å². The van der Waals surface area contributed by atoms with Crippen molar-refractivity contribution in [3.8, 4) is 0 Å². The predicted molar refractivity (Wildman–Crippen MR) is 87.1 cm³/mol. The van der Waals surface area contributed by atoms with Gasteiger partial charge >= 0.3 is 0 Å². The molecule has 1 fully saturated rings. The van der Waals surface area contributed by atoms with Crippen LogP contribution in [0.4, 0.5) is 0 Å². The molecule has 0 saturated carbocycles. The van der Waals surface area contributed by atoms with Gasteiger partial charge in [0, 0.05) is 31.6 Å². The zero-order valence-corrected chi connectivity index (χ0v) is 12.6. The van der Waals surface area contributed by atoms with Gasteiger partial charge in [-0.05, 0) is 30.0 Å². The topological polar surface area (TPSA) is 36.7 Å². The van der Waals surface area contributed by atoms with Gasteiger partial charge in [0.25, 0.3) is 5.91 Å². The van der Waals surface area contributed by atoms with E-state index in [4.69, 9.17) is 4.42 Å². The van der Waals surface area contributed by atoms with Crippen molar-refractivity contribution in [2.24, 2.45) is 0 Å². The minimum absolute atomic E-state index is 0.00613. The van der Waals surface area contributed by atoms with Gasteiger partial charge in [-0.15, -0.1) is 0 Å². The maximum atomic E-state index is 12.6. The lowest BCUT2D eigenvalue weighted by Gasteiger charge is -2.31. The molecule has 2 heterocycles. The number of fused-ring (bicyclic) bond motifs is 3. The molecule has 112 valence electrons. The largest absolute Gasteiger partial charge is 0.451 e. The van der Waals surface area contributed by atoms with Gasteiger partial charge in [-0.1, -0.05) is 30.3 Å². The molecule has 0 aliphatic carbocycles. The summed E-state index contributed by atoms with van der Waals surface area (Å²) >= 11 is 0. The third-order valence-corrected chi connectivity index (χ3v) is 4.43. The van der Waals surface area contributed by atoms with Gasteiger partial charge in [-0.3, -0.25) is 4.79 Å². The highest BCUT2D eigenvalue weighted by atomic mass is 16.3. The molecule has 0 atom stereocenters. The summed E-state index contributed by atoms with van der Waals surface area (Å²) in [6, 6.07) is 14.0. The molecule has 1 aliphatic heterocycles. The molecule has 0 bridgehead atoms. The average molecular weight is 294 g/mol. The van der Waals surface area contributed by atoms with Crippen LogP contribution in [0.25, 0.3) is 21.7 Å². The molecule has 0 unspecified atom stereocenters. The smallest absolute Gasteiger partial charge is 0.289 e. The van der Waals surface area contributed by atoms with E-state index in [0.29, 0.717) is 5.76 Å². The summed E-state index contributed by atoms with van der Waals surface area (Å²) in [7, 11) is 2.08.